The Balaban J connectivity index is 0.000000753. The Morgan fingerprint density at radius 3 is 1.75 bits per heavy atom. The molecule has 0 radical (unpaired) electrons. The summed E-state index contributed by atoms with van der Waals surface area (Å²) in [7, 11) is 1.64. The van der Waals surface area contributed by atoms with Crippen molar-refractivity contribution in [1.29, 1.82) is 0 Å². The monoisotopic (exact) mass is 803 g/mol. The number of carbonyl (C=O) groups excluding carboxylic acids is 1. The zero-order chi connectivity index (χ0) is 43.7. The molecule has 0 amide bonds. The summed E-state index contributed by atoms with van der Waals surface area (Å²) in [6, 6.07) is 3.49. The number of hydrogen-bond donors (Lipinski definition) is 7. The number of aromatic hydroxyl groups is 4. The lowest BCUT2D eigenvalue weighted by atomic mass is 9.70. The van der Waals surface area contributed by atoms with Crippen molar-refractivity contribution in [1.82, 2.24) is 20.4 Å². The van der Waals surface area contributed by atoms with Crippen LogP contribution in [0.15, 0.2) is 12.1 Å². The average Bonchev–Trinajstić information content (AvgIpc) is 3.47. The van der Waals surface area contributed by atoms with Crippen LogP contribution < -0.4 is 10.6 Å². The molecule has 12 nitrogen and oxygen atoms in total. The fraction of sp³-hybridized carbons (Fsp3) is 0.711. The van der Waals surface area contributed by atoms with Crippen LogP contribution in [0.4, 0.5) is 0 Å². The summed E-state index contributed by atoms with van der Waals surface area (Å²) in [6.07, 6.45) is 1.38. The second-order valence-electron chi connectivity index (χ2n) is 18.7. The van der Waals surface area contributed by atoms with Gasteiger partial charge in [-0.1, -0.05) is 41.5 Å². The van der Waals surface area contributed by atoms with Crippen LogP contribution >= 0.6 is 0 Å². The van der Waals surface area contributed by atoms with Crippen molar-refractivity contribution >= 4 is 6.79 Å². The van der Waals surface area contributed by atoms with Crippen molar-refractivity contribution in [3.63, 3.8) is 0 Å². The van der Waals surface area contributed by atoms with E-state index in [1.54, 1.807) is 19.2 Å². The highest BCUT2D eigenvalue weighted by molar-refractivity contribution is 5.70. The van der Waals surface area contributed by atoms with Crippen LogP contribution in [0.5, 0.6) is 23.0 Å². The molecule has 0 aromatic heterocycles. The lowest BCUT2D eigenvalue weighted by molar-refractivity contribution is -0.171. The number of nitrogens with one attached hydrogen (secondary N) is 2. The Morgan fingerprint density at radius 1 is 0.860 bits per heavy atom. The van der Waals surface area contributed by atoms with Gasteiger partial charge >= 0.3 is 0 Å². The molecule has 0 saturated carbocycles. The molecule has 1 saturated heterocycles. The minimum absolute atomic E-state index is 0.0220. The minimum atomic E-state index is -0.554. The van der Waals surface area contributed by atoms with E-state index in [-0.39, 0.29) is 57.9 Å². The maximum atomic E-state index is 11.6. The van der Waals surface area contributed by atoms with Gasteiger partial charge in [-0.25, -0.2) is 0 Å². The minimum Gasteiger partial charge on any atom is -0.504 e. The molecular formula is C45H78N4O8. The van der Waals surface area contributed by atoms with Crippen LogP contribution in [0.2, 0.25) is 0 Å². The van der Waals surface area contributed by atoms with Crippen LogP contribution in [0, 0.1) is 0 Å². The quantitative estimate of drug-likeness (QED) is 0.0992. The zero-order valence-corrected chi connectivity index (χ0v) is 37.8. The van der Waals surface area contributed by atoms with E-state index in [9.17, 15) is 25.5 Å². The molecule has 2 aromatic carbocycles. The van der Waals surface area contributed by atoms with E-state index in [2.05, 4.69) is 68.9 Å². The number of phenols is 4. The molecule has 1 spiro atoms. The molecule has 326 valence electrons. The molecule has 57 heavy (non-hydrogen) atoms. The third kappa shape index (κ3) is 12.3. The number of rotatable bonds is 11. The lowest BCUT2D eigenvalue weighted by Gasteiger charge is -2.35. The first kappa shape index (κ1) is 50.2. The molecule has 1 heterocycles. The fourth-order valence-corrected chi connectivity index (χ4v) is 9.00. The largest absolute Gasteiger partial charge is 0.504 e. The van der Waals surface area contributed by atoms with E-state index in [1.807, 2.05) is 48.3 Å². The topological polar surface area (TPSA) is 167 Å². The summed E-state index contributed by atoms with van der Waals surface area (Å²) in [5.74, 6) is -0.408. The van der Waals surface area contributed by atoms with Gasteiger partial charge in [-0.3, -0.25) is 9.80 Å². The van der Waals surface area contributed by atoms with Gasteiger partial charge in [0, 0.05) is 88.1 Å². The standard InChI is InChI=1S/C35H54N4O5.C7H16O2.C2H6.CH2O/c1-32(2,3)37-10-13-39(14-15-40)19-23-29-25(17-27(42)31(23)44)34(6,7)21-35(29)20-33(4,5)24-16-26(41)30(43)22(28(24)35)18-38-11-8-36-9-12-38;1-6(8-5)9-7(2,3)4;2*1-2/h16-17,36-37,40-44H,8-15,18-21H2,1-7H3;6H,1-5H3;1-2H3;1H2. The average molecular weight is 803 g/mol. The maximum Gasteiger partial charge on any atom is 0.162 e. The van der Waals surface area contributed by atoms with Crippen molar-refractivity contribution in [2.24, 2.45) is 0 Å². The third-order valence-corrected chi connectivity index (χ3v) is 11.0. The first-order valence-electron chi connectivity index (χ1n) is 20.6. The Kier molecular flexibility index (Phi) is 17.9. The number of phenolic OH excluding ortho intramolecular Hbond substituents is 4. The number of benzene rings is 2. The number of aliphatic hydroxyl groups excluding tert-OH is 1. The second kappa shape index (κ2) is 20.3. The van der Waals surface area contributed by atoms with Gasteiger partial charge in [-0.05, 0) is 107 Å². The van der Waals surface area contributed by atoms with Crippen molar-refractivity contribution < 1.29 is 39.8 Å². The van der Waals surface area contributed by atoms with Gasteiger partial charge in [-0.2, -0.15) is 0 Å². The van der Waals surface area contributed by atoms with Crippen molar-refractivity contribution in [3.8, 4) is 23.0 Å². The van der Waals surface area contributed by atoms with Crippen molar-refractivity contribution in [2.45, 2.75) is 150 Å². The van der Waals surface area contributed by atoms with Gasteiger partial charge in [0.05, 0.1) is 12.2 Å². The molecule has 12 heteroatoms. The molecule has 2 atom stereocenters. The van der Waals surface area contributed by atoms with E-state index in [4.69, 9.17) is 14.3 Å². The summed E-state index contributed by atoms with van der Waals surface area (Å²) in [4.78, 5) is 12.5. The van der Waals surface area contributed by atoms with E-state index >= 15 is 0 Å². The highest BCUT2D eigenvalue weighted by atomic mass is 16.7. The Labute approximate surface area is 344 Å². The number of nitrogens with zero attached hydrogens (tertiary/aromatic N) is 2. The summed E-state index contributed by atoms with van der Waals surface area (Å²) in [5.41, 5.74) is 4.18. The van der Waals surface area contributed by atoms with Crippen LogP contribution in [0.1, 0.15) is 136 Å². The highest BCUT2D eigenvalue weighted by Gasteiger charge is 2.59. The van der Waals surface area contributed by atoms with E-state index < -0.39 is 5.41 Å². The van der Waals surface area contributed by atoms with Gasteiger partial charge in [-0.15, -0.1) is 0 Å². The molecule has 1 aliphatic heterocycles. The molecule has 0 bridgehead atoms. The smallest absolute Gasteiger partial charge is 0.162 e. The maximum absolute atomic E-state index is 11.6. The summed E-state index contributed by atoms with van der Waals surface area (Å²) < 4.78 is 10.3. The molecule has 7 N–H and O–H groups in total. The van der Waals surface area contributed by atoms with Gasteiger partial charge in [0.1, 0.15) is 6.79 Å². The van der Waals surface area contributed by atoms with Gasteiger partial charge < -0.3 is 50.4 Å². The van der Waals surface area contributed by atoms with E-state index in [1.165, 1.54) is 0 Å². The SMILES string of the molecule is C=O.CC.CC(C)(C)NCCN(CCO)Cc1c(O)c(O)cc2c1C1(CC(C)(C)c3cc(O)c(O)c(CN4CCNCC4)c31)CC2(C)C.COC(C)OC(C)(C)C. The Hall–Kier alpha value is -2.97. The second-order valence-corrected chi connectivity index (χ2v) is 18.7. The highest BCUT2D eigenvalue weighted by Crippen LogP contribution is 2.67. The molecule has 1 fully saturated rings. The molecular weight excluding hydrogens is 725 g/mol. The van der Waals surface area contributed by atoms with Crippen LogP contribution in [0.25, 0.3) is 0 Å². The third-order valence-electron chi connectivity index (χ3n) is 11.0. The first-order chi connectivity index (χ1) is 26.5. The van der Waals surface area contributed by atoms with E-state index in [0.29, 0.717) is 38.3 Å². The number of fused-ring (bicyclic) bond motifs is 4. The number of methoxy groups -OCH3 is 1. The predicted octanol–water partition coefficient (Wildman–Crippen LogP) is 6.38. The predicted molar refractivity (Wildman–Crippen MR) is 230 cm³/mol. The van der Waals surface area contributed by atoms with Crippen molar-refractivity contribution in [3.05, 3.63) is 45.5 Å². The first-order valence-corrected chi connectivity index (χ1v) is 20.6. The number of piperazine rings is 1. The fourth-order valence-electron chi connectivity index (χ4n) is 9.00. The van der Waals surface area contributed by atoms with Crippen LogP contribution in [0.3, 0.4) is 0 Å². The summed E-state index contributed by atoms with van der Waals surface area (Å²) in [6.45, 7) is 35.1. The summed E-state index contributed by atoms with van der Waals surface area (Å²) >= 11 is 0. The lowest BCUT2D eigenvalue weighted by Crippen LogP contribution is -2.43. The number of aliphatic hydroxyl groups is 1. The van der Waals surface area contributed by atoms with Crippen molar-refractivity contribution in [2.75, 3.05) is 59.5 Å². The molecule has 2 unspecified atom stereocenters. The van der Waals surface area contributed by atoms with Crippen LogP contribution in [-0.2, 0) is 43.6 Å². The Morgan fingerprint density at radius 2 is 1.33 bits per heavy atom. The molecule has 5 rings (SSSR count). The van der Waals surface area contributed by atoms with Gasteiger partial charge in [0.15, 0.2) is 29.3 Å². The molecule has 3 aliphatic rings. The summed E-state index contributed by atoms with van der Waals surface area (Å²) in [5, 5.41) is 62.1. The molecule has 2 aromatic rings. The number of carbonyl (C=O) groups is 1. The normalized spacial score (nSPS) is 20.1. The van der Waals surface area contributed by atoms with Gasteiger partial charge in [0.25, 0.3) is 0 Å². The number of hydrogen-bond acceptors (Lipinski definition) is 12. The van der Waals surface area contributed by atoms with E-state index in [0.717, 1.165) is 66.8 Å². The van der Waals surface area contributed by atoms with Gasteiger partial charge in [0.2, 0.25) is 0 Å². The van der Waals surface area contributed by atoms with Crippen LogP contribution in [-0.4, -0.2) is 119 Å². The zero-order valence-electron chi connectivity index (χ0n) is 37.8. The Bertz CT molecular complexity index is 1590. The number of ether oxygens (including phenoxy) is 2. The molecule has 2 aliphatic carbocycles.